The maximum Gasteiger partial charge on any atom is 0.225 e. The molecule has 4 nitrogen and oxygen atoms in total. The van der Waals surface area contributed by atoms with Crippen LogP contribution in [0, 0.1) is 0 Å². The van der Waals surface area contributed by atoms with Crippen molar-refractivity contribution in [2.24, 2.45) is 0 Å². The second-order valence-electron chi connectivity index (χ2n) is 3.02. The first-order valence-corrected chi connectivity index (χ1v) is 5.02. The number of alkyl halides is 1. The molecule has 0 bridgehead atoms. The summed E-state index contributed by atoms with van der Waals surface area (Å²) in [5.74, 6) is 0.208. The zero-order valence-electron chi connectivity index (χ0n) is 7.87. The fourth-order valence-electron chi connectivity index (χ4n) is 1.24. The summed E-state index contributed by atoms with van der Waals surface area (Å²) in [6.45, 7) is 0. The Balaban J connectivity index is 2.17. The van der Waals surface area contributed by atoms with Crippen LogP contribution in [0.25, 0.3) is 11.1 Å². The van der Waals surface area contributed by atoms with Crippen molar-refractivity contribution in [2.75, 3.05) is 11.2 Å². The largest absolute Gasteiger partial charge is 0.443 e. The Morgan fingerprint density at radius 1 is 1.53 bits per heavy atom. The molecule has 0 aliphatic rings. The van der Waals surface area contributed by atoms with E-state index in [0.717, 1.165) is 5.52 Å². The molecule has 2 rings (SSSR count). The third-order valence-corrected chi connectivity index (χ3v) is 2.13. The number of halogens is 1. The zero-order valence-corrected chi connectivity index (χ0v) is 8.62. The molecule has 0 aliphatic carbocycles. The van der Waals surface area contributed by atoms with E-state index in [9.17, 15) is 4.79 Å². The first kappa shape index (κ1) is 9.98. The average molecular weight is 225 g/mol. The van der Waals surface area contributed by atoms with Crippen LogP contribution in [0.4, 0.5) is 5.69 Å². The quantitative estimate of drug-likeness (QED) is 0.815. The number of carbonyl (C=O) groups is 1. The minimum absolute atomic E-state index is 0.108. The van der Waals surface area contributed by atoms with Crippen LogP contribution >= 0.6 is 11.6 Å². The normalized spacial score (nSPS) is 10.5. The van der Waals surface area contributed by atoms with Gasteiger partial charge in [-0.25, -0.2) is 4.98 Å². The molecule has 0 unspecified atom stereocenters. The SMILES string of the molecule is O=C(CCCl)Nc1ccc2ncoc2c1. The van der Waals surface area contributed by atoms with Gasteiger partial charge in [0.2, 0.25) is 5.91 Å². The average Bonchev–Trinajstić information content (AvgIpc) is 2.65. The van der Waals surface area contributed by atoms with Gasteiger partial charge in [-0.05, 0) is 12.1 Å². The van der Waals surface area contributed by atoms with Crippen molar-refractivity contribution >= 4 is 34.3 Å². The number of aromatic nitrogens is 1. The Hall–Kier alpha value is -1.55. The Morgan fingerprint density at radius 3 is 3.20 bits per heavy atom. The maximum absolute atomic E-state index is 11.2. The first-order valence-electron chi connectivity index (χ1n) is 4.48. The van der Waals surface area contributed by atoms with E-state index in [-0.39, 0.29) is 5.91 Å². The number of nitrogens with zero attached hydrogens (tertiary/aromatic N) is 1. The Bertz CT molecular complexity index is 481. The van der Waals surface area contributed by atoms with E-state index in [0.29, 0.717) is 23.6 Å². The lowest BCUT2D eigenvalue weighted by Crippen LogP contribution is -2.11. The van der Waals surface area contributed by atoms with Crippen molar-refractivity contribution in [3.05, 3.63) is 24.6 Å². The van der Waals surface area contributed by atoms with Crippen molar-refractivity contribution < 1.29 is 9.21 Å². The van der Waals surface area contributed by atoms with Gasteiger partial charge >= 0.3 is 0 Å². The van der Waals surface area contributed by atoms with Crippen LogP contribution in [0.2, 0.25) is 0 Å². The highest BCUT2D eigenvalue weighted by Gasteiger charge is 2.03. The van der Waals surface area contributed by atoms with Gasteiger partial charge in [0, 0.05) is 24.1 Å². The lowest BCUT2D eigenvalue weighted by molar-refractivity contribution is -0.115. The summed E-state index contributed by atoms with van der Waals surface area (Å²) in [6, 6.07) is 5.29. The molecular formula is C10H9ClN2O2. The third kappa shape index (κ3) is 2.27. The van der Waals surface area contributed by atoms with Crippen molar-refractivity contribution in [1.82, 2.24) is 4.98 Å². The molecule has 15 heavy (non-hydrogen) atoms. The predicted molar refractivity (Wildman–Crippen MR) is 58.0 cm³/mol. The first-order chi connectivity index (χ1) is 7.29. The highest BCUT2D eigenvalue weighted by molar-refractivity contribution is 6.19. The van der Waals surface area contributed by atoms with E-state index in [4.69, 9.17) is 16.0 Å². The summed E-state index contributed by atoms with van der Waals surface area (Å²) in [6.07, 6.45) is 1.67. The zero-order chi connectivity index (χ0) is 10.7. The van der Waals surface area contributed by atoms with Gasteiger partial charge in [-0.1, -0.05) is 0 Å². The molecule has 1 heterocycles. The Morgan fingerprint density at radius 2 is 2.40 bits per heavy atom. The van der Waals surface area contributed by atoms with Crippen LogP contribution in [0.1, 0.15) is 6.42 Å². The van der Waals surface area contributed by atoms with Gasteiger partial charge < -0.3 is 9.73 Å². The second kappa shape index (κ2) is 4.31. The Kier molecular flexibility index (Phi) is 2.87. The van der Waals surface area contributed by atoms with Gasteiger partial charge in [0.05, 0.1) is 0 Å². The van der Waals surface area contributed by atoms with Gasteiger partial charge in [0.25, 0.3) is 0 Å². The van der Waals surface area contributed by atoms with E-state index < -0.39 is 0 Å². The van der Waals surface area contributed by atoms with E-state index in [1.54, 1.807) is 18.2 Å². The number of hydrogen-bond acceptors (Lipinski definition) is 3. The van der Waals surface area contributed by atoms with Crippen LogP contribution in [-0.4, -0.2) is 16.8 Å². The molecule has 1 aromatic carbocycles. The summed E-state index contributed by atoms with van der Waals surface area (Å²) in [7, 11) is 0. The van der Waals surface area contributed by atoms with Crippen LogP contribution in [-0.2, 0) is 4.79 Å². The van der Waals surface area contributed by atoms with Gasteiger partial charge in [0.15, 0.2) is 12.0 Å². The number of carbonyl (C=O) groups excluding carboxylic acids is 1. The second-order valence-corrected chi connectivity index (χ2v) is 3.40. The highest BCUT2D eigenvalue weighted by Crippen LogP contribution is 2.17. The number of nitrogens with one attached hydrogen (secondary N) is 1. The molecule has 1 N–H and O–H groups in total. The van der Waals surface area contributed by atoms with Crippen LogP contribution in [0.3, 0.4) is 0 Å². The maximum atomic E-state index is 11.2. The highest BCUT2D eigenvalue weighted by atomic mass is 35.5. The van der Waals surface area contributed by atoms with E-state index in [2.05, 4.69) is 10.3 Å². The summed E-state index contributed by atoms with van der Waals surface area (Å²) in [4.78, 5) is 15.2. The minimum atomic E-state index is -0.108. The van der Waals surface area contributed by atoms with E-state index in [1.807, 2.05) is 0 Å². The number of hydrogen-bond donors (Lipinski definition) is 1. The van der Waals surface area contributed by atoms with Crippen LogP contribution < -0.4 is 5.32 Å². The van der Waals surface area contributed by atoms with Gasteiger partial charge in [-0.2, -0.15) is 0 Å². The topological polar surface area (TPSA) is 55.1 Å². The number of oxazole rings is 1. The fourth-order valence-corrected chi connectivity index (χ4v) is 1.41. The summed E-state index contributed by atoms with van der Waals surface area (Å²) in [5, 5.41) is 2.71. The van der Waals surface area contributed by atoms with Crippen LogP contribution in [0.15, 0.2) is 29.0 Å². The van der Waals surface area contributed by atoms with E-state index >= 15 is 0 Å². The lowest BCUT2D eigenvalue weighted by atomic mass is 10.3. The molecule has 0 fully saturated rings. The summed E-state index contributed by atoms with van der Waals surface area (Å²) < 4.78 is 5.11. The van der Waals surface area contributed by atoms with Crippen molar-refractivity contribution in [1.29, 1.82) is 0 Å². The van der Waals surface area contributed by atoms with E-state index in [1.165, 1.54) is 6.39 Å². The molecule has 0 radical (unpaired) electrons. The molecule has 5 heteroatoms. The van der Waals surface area contributed by atoms with Gasteiger partial charge in [-0.3, -0.25) is 4.79 Å². The number of amides is 1. The molecular weight excluding hydrogens is 216 g/mol. The van der Waals surface area contributed by atoms with Gasteiger partial charge in [0.1, 0.15) is 5.52 Å². The number of fused-ring (bicyclic) bond motifs is 1. The monoisotopic (exact) mass is 224 g/mol. The summed E-state index contributed by atoms with van der Waals surface area (Å²) >= 11 is 5.45. The van der Waals surface area contributed by atoms with Crippen molar-refractivity contribution in [3.63, 3.8) is 0 Å². The van der Waals surface area contributed by atoms with Gasteiger partial charge in [-0.15, -0.1) is 11.6 Å². The smallest absolute Gasteiger partial charge is 0.225 e. The molecule has 0 aliphatic heterocycles. The lowest BCUT2D eigenvalue weighted by Gasteiger charge is -2.02. The molecule has 0 saturated heterocycles. The molecule has 1 aromatic heterocycles. The predicted octanol–water partition coefficient (Wildman–Crippen LogP) is 2.40. The number of rotatable bonds is 3. The number of anilines is 1. The standard InChI is InChI=1S/C10H9ClN2O2/c11-4-3-10(14)13-7-1-2-8-9(5-7)15-6-12-8/h1-2,5-6H,3-4H2,(H,13,14). The minimum Gasteiger partial charge on any atom is -0.443 e. The third-order valence-electron chi connectivity index (χ3n) is 1.94. The van der Waals surface area contributed by atoms with Crippen molar-refractivity contribution in [2.45, 2.75) is 6.42 Å². The molecule has 0 atom stereocenters. The van der Waals surface area contributed by atoms with Crippen molar-refractivity contribution in [3.8, 4) is 0 Å². The number of benzene rings is 1. The molecule has 0 spiro atoms. The van der Waals surface area contributed by atoms with Crippen LogP contribution in [0.5, 0.6) is 0 Å². The summed E-state index contributed by atoms with van der Waals surface area (Å²) in [5.41, 5.74) is 2.11. The molecule has 78 valence electrons. The fraction of sp³-hybridized carbons (Fsp3) is 0.200. The molecule has 1 amide bonds. The Labute approximate surface area is 91.2 Å². The molecule has 2 aromatic rings. The molecule has 0 saturated carbocycles.